The lowest BCUT2D eigenvalue weighted by Gasteiger charge is -2.29. The van der Waals surface area contributed by atoms with Crippen LogP contribution in [0.1, 0.15) is 0 Å². The van der Waals surface area contributed by atoms with Crippen LogP contribution in [0.5, 0.6) is 0 Å². The SMILES string of the molecule is c1ccc(-c2cccc(-c3cccc(N(c4ccccc4-c4ccc5c6ccccc6c6ccccc6c5c4)c4ccc(-c5cc6ccccc6c6ccccc56)c5oc6ccccc6c45)c3)c2)cc1. The number of rotatable bonds is 7. The molecule has 1 heterocycles. The summed E-state index contributed by atoms with van der Waals surface area (Å²) in [7, 11) is 0. The van der Waals surface area contributed by atoms with Crippen molar-refractivity contribution in [1.82, 2.24) is 0 Å². The Kier molecular flexibility index (Phi) is 9.25. The van der Waals surface area contributed by atoms with Gasteiger partial charge in [-0.15, -0.1) is 0 Å². The number of para-hydroxylation sites is 2. The van der Waals surface area contributed by atoms with Gasteiger partial charge in [-0.05, 0) is 142 Å². The molecule has 0 aliphatic heterocycles. The van der Waals surface area contributed by atoms with E-state index in [1.807, 2.05) is 0 Å². The first-order valence-corrected chi connectivity index (χ1v) is 24.1. The van der Waals surface area contributed by atoms with Crippen LogP contribution >= 0.6 is 0 Å². The maximum atomic E-state index is 7.12. The molecule has 0 N–H and O–H groups in total. The molecule has 14 rings (SSSR count). The van der Waals surface area contributed by atoms with Crippen LogP contribution in [0.2, 0.25) is 0 Å². The highest BCUT2D eigenvalue weighted by Crippen LogP contribution is 2.50. The van der Waals surface area contributed by atoms with E-state index in [9.17, 15) is 0 Å². The lowest BCUT2D eigenvalue weighted by molar-refractivity contribution is 0.670. The number of fused-ring (bicyclic) bond motifs is 12. The van der Waals surface area contributed by atoms with Gasteiger partial charge in [0.1, 0.15) is 11.2 Å². The summed E-state index contributed by atoms with van der Waals surface area (Å²) in [6.07, 6.45) is 0. The minimum atomic E-state index is 0.852. The third kappa shape index (κ3) is 6.42. The zero-order valence-electron chi connectivity index (χ0n) is 38.2. The molecule has 13 aromatic carbocycles. The van der Waals surface area contributed by atoms with Crippen molar-refractivity contribution in [2.24, 2.45) is 0 Å². The predicted octanol–water partition coefficient (Wildman–Crippen LogP) is 19.5. The van der Waals surface area contributed by atoms with E-state index >= 15 is 0 Å². The Morgan fingerprint density at radius 3 is 1.56 bits per heavy atom. The predicted molar refractivity (Wildman–Crippen MR) is 298 cm³/mol. The van der Waals surface area contributed by atoms with Crippen LogP contribution in [0.25, 0.3) is 120 Å². The van der Waals surface area contributed by atoms with Crippen LogP contribution in [0, 0.1) is 0 Å². The molecule has 2 nitrogen and oxygen atoms in total. The van der Waals surface area contributed by atoms with Crippen molar-refractivity contribution in [3.8, 4) is 44.5 Å². The van der Waals surface area contributed by atoms with Crippen molar-refractivity contribution in [3.63, 3.8) is 0 Å². The largest absolute Gasteiger partial charge is 0.455 e. The van der Waals surface area contributed by atoms with E-state index < -0.39 is 0 Å². The van der Waals surface area contributed by atoms with Gasteiger partial charge < -0.3 is 9.32 Å². The molecule has 0 amide bonds. The molecule has 1 aromatic heterocycles. The fraction of sp³-hybridized carbons (Fsp3) is 0. The molecule has 14 aromatic rings. The van der Waals surface area contributed by atoms with Gasteiger partial charge in [-0.1, -0.05) is 206 Å². The van der Waals surface area contributed by atoms with Gasteiger partial charge in [0.25, 0.3) is 0 Å². The van der Waals surface area contributed by atoms with Crippen molar-refractivity contribution in [2.45, 2.75) is 0 Å². The molecule has 0 saturated carbocycles. The number of anilines is 3. The van der Waals surface area contributed by atoms with E-state index in [0.717, 1.165) is 72.4 Å². The molecule has 0 fully saturated rings. The second kappa shape index (κ2) is 16.2. The Labute approximate surface area is 405 Å². The fourth-order valence-corrected chi connectivity index (χ4v) is 11.2. The third-order valence-electron chi connectivity index (χ3n) is 14.4. The highest BCUT2D eigenvalue weighted by Gasteiger charge is 2.25. The van der Waals surface area contributed by atoms with Crippen molar-refractivity contribution in [1.29, 1.82) is 0 Å². The second-order valence-corrected chi connectivity index (χ2v) is 18.3. The maximum absolute atomic E-state index is 7.12. The zero-order valence-corrected chi connectivity index (χ0v) is 38.2. The molecule has 0 spiro atoms. The number of hydrogen-bond donors (Lipinski definition) is 0. The Morgan fingerprint density at radius 1 is 0.257 bits per heavy atom. The molecule has 0 atom stereocenters. The quantitative estimate of drug-likeness (QED) is 0.148. The molecule has 0 aliphatic rings. The van der Waals surface area contributed by atoms with E-state index in [4.69, 9.17) is 4.42 Å². The molecule has 0 unspecified atom stereocenters. The van der Waals surface area contributed by atoms with Crippen molar-refractivity contribution < 1.29 is 4.42 Å². The minimum Gasteiger partial charge on any atom is -0.455 e. The van der Waals surface area contributed by atoms with Gasteiger partial charge >= 0.3 is 0 Å². The highest BCUT2D eigenvalue weighted by molar-refractivity contribution is 6.26. The first-order valence-electron chi connectivity index (χ1n) is 24.1. The van der Waals surface area contributed by atoms with Crippen LogP contribution < -0.4 is 4.90 Å². The molecule has 326 valence electrons. The molecular formula is C68H43NO. The second-order valence-electron chi connectivity index (χ2n) is 18.3. The number of nitrogens with zero attached hydrogens (tertiary/aromatic N) is 1. The minimum absolute atomic E-state index is 0.852. The van der Waals surface area contributed by atoms with E-state index in [1.165, 1.54) is 65.0 Å². The van der Waals surface area contributed by atoms with Crippen molar-refractivity contribution >= 4 is 92.9 Å². The summed E-state index contributed by atoms with van der Waals surface area (Å²) < 4.78 is 7.12. The summed E-state index contributed by atoms with van der Waals surface area (Å²) in [5.41, 5.74) is 14.0. The molecule has 0 saturated heterocycles. The van der Waals surface area contributed by atoms with Crippen LogP contribution in [0.15, 0.2) is 265 Å². The van der Waals surface area contributed by atoms with Crippen LogP contribution in [-0.2, 0) is 0 Å². The first-order chi connectivity index (χ1) is 34.7. The van der Waals surface area contributed by atoms with Gasteiger partial charge in [0.15, 0.2) is 0 Å². The monoisotopic (exact) mass is 889 g/mol. The van der Waals surface area contributed by atoms with Crippen molar-refractivity contribution in [3.05, 3.63) is 261 Å². The summed E-state index contributed by atoms with van der Waals surface area (Å²) in [5, 5.41) is 14.5. The van der Waals surface area contributed by atoms with Crippen LogP contribution in [0.3, 0.4) is 0 Å². The Hall–Kier alpha value is -9.24. The molecule has 70 heavy (non-hydrogen) atoms. The number of hydrogen-bond acceptors (Lipinski definition) is 2. The average Bonchev–Trinajstić information content (AvgIpc) is 3.84. The van der Waals surface area contributed by atoms with E-state index in [0.29, 0.717) is 0 Å². The molecule has 0 aliphatic carbocycles. The molecule has 0 bridgehead atoms. The average molecular weight is 890 g/mol. The van der Waals surface area contributed by atoms with E-state index in [1.54, 1.807) is 0 Å². The summed E-state index contributed by atoms with van der Waals surface area (Å²) >= 11 is 0. The molecule has 0 radical (unpaired) electrons. The lowest BCUT2D eigenvalue weighted by atomic mass is 9.91. The first kappa shape index (κ1) is 39.9. The highest BCUT2D eigenvalue weighted by atomic mass is 16.3. The topological polar surface area (TPSA) is 16.4 Å². The summed E-state index contributed by atoms with van der Waals surface area (Å²) in [6.45, 7) is 0. The number of benzene rings is 13. The van der Waals surface area contributed by atoms with E-state index in [-0.39, 0.29) is 0 Å². The Balaban J connectivity index is 1.04. The standard InChI is InChI=1S/C68H43NO/c1-2-18-44(19-3-1)45-21-16-22-46(40-45)47-23-17-24-50(41-47)69(64-34-14-12-26-52(64)49-36-37-59-56-30-8-7-28-54(56)55-29-9-11-32-58(55)62(59)43-49)65-39-38-60(68-67(65)61-33-13-15-35-66(61)70-68)63-42-48-20-4-5-25-51(48)53-27-6-10-31-57(53)63/h1-43H. The number of furan rings is 1. The fourth-order valence-electron chi connectivity index (χ4n) is 11.2. The van der Waals surface area contributed by atoms with Gasteiger partial charge in [-0.2, -0.15) is 0 Å². The van der Waals surface area contributed by atoms with Gasteiger partial charge in [-0.3, -0.25) is 0 Å². The summed E-state index contributed by atoms with van der Waals surface area (Å²) in [6, 6.07) is 95.0. The van der Waals surface area contributed by atoms with Gasteiger partial charge in [0.2, 0.25) is 0 Å². The summed E-state index contributed by atoms with van der Waals surface area (Å²) in [5.74, 6) is 0. The van der Waals surface area contributed by atoms with Gasteiger partial charge in [0.05, 0.1) is 16.8 Å². The van der Waals surface area contributed by atoms with Gasteiger partial charge in [-0.25, -0.2) is 0 Å². The summed E-state index contributed by atoms with van der Waals surface area (Å²) in [4.78, 5) is 2.47. The molecular weight excluding hydrogens is 847 g/mol. The maximum Gasteiger partial charge on any atom is 0.145 e. The van der Waals surface area contributed by atoms with Gasteiger partial charge in [0, 0.05) is 22.2 Å². The van der Waals surface area contributed by atoms with Crippen molar-refractivity contribution in [2.75, 3.05) is 4.90 Å². The zero-order chi connectivity index (χ0) is 46.1. The van der Waals surface area contributed by atoms with Crippen LogP contribution in [0.4, 0.5) is 17.1 Å². The van der Waals surface area contributed by atoms with E-state index in [2.05, 4.69) is 266 Å². The normalized spacial score (nSPS) is 11.7. The Morgan fingerprint density at radius 2 is 0.800 bits per heavy atom. The lowest BCUT2D eigenvalue weighted by Crippen LogP contribution is -2.12. The van der Waals surface area contributed by atoms with Crippen LogP contribution in [-0.4, -0.2) is 0 Å². The molecule has 2 heteroatoms. The third-order valence-corrected chi connectivity index (χ3v) is 14.4. The Bertz CT molecular complexity index is 4340. The smallest absolute Gasteiger partial charge is 0.145 e.